The summed E-state index contributed by atoms with van der Waals surface area (Å²) in [6, 6.07) is 22.0. The molecule has 0 aliphatic carbocycles. The molecule has 0 fully saturated rings. The highest BCUT2D eigenvalue weighted by Crippen LogP contribution is 2.30. The SMILES string of the molecule is CC(C)C[C@H](OC(c1ccccc1)c1ccc(-c2cc(C(=O)O)ccn2)cc1)C(=O)NCC#N. The van der Waals surface area contributed by atoms with E-state index in [0.717, 1.165) is 16.7 Å². The van der Waals surface area contributed by atoms with Crippen molar-refractivity contribution in [1.29, 1.82) is 5.26 Å². The van der Waals surface area contributed by atoms with Gasteiger partial charge in [0.15, 0.2) is 0 Å². The van der Waals surface area contributed by atoms with E-state index >= 15 is 0 Å². The Bertz CT molecular complexity index is 1150. The highest BCUT2D eigenvalue weighted by molar-refractivity contribution is 5.88. The number of carbonyl (C=O) groups excluding carboxylic acids is 1. The number of nitrogens with zero attached hydrogens (tertiary/aromatic N) is 2. The molecular formula is C27H27N3O4. The van der Waals surface area contributed by atoms with E-state index in [4.69, 9.17) is 10.00 Å². The highest BCUT2D eigenvalue weighted by Gasteiger charge is 2.26. The van der Waals surface area contributed by atoms with Crippen LogP contribution in [0.3, 0.4) is 0 Å². The van der Waals surface area contributed by atoms with Crippen LogP contribution in [0, 0.1) is 17.2 Å². The number of pyridine rings is 1. The molecule has 0 spiro atoms. The predicted molar refractivity (Wildman–Crippen MR) is 128 cm³/mol. The number of hydrogen-bond donors (Lipinski definition) is 2. The van der Waals surface area contributed by atoms with Crippen LogP contribution in [0.1, 0.15) is 47.9 Å². The summed E-state index contributed by atoms with van der Waals surface area (Å²) < 4.78 is 6.37. The number of carboxylic acid groups (broad SMARTS) is 1. The molecule has 2 atom stereocenters. The third kappa shape index (κ3) is 6.50. The summed E-state index contributed by atoms with van der Waals surface area (Å²) in [7, 11) is 0. The Kier molecular flexibility index (Phi) is 8.49. The van der Waals surface area contributed by atoms with Gasteiger partial charge in [0.2, 0.25) is 5.91 Å². The fourth-order valence-corrected chi connectivity index (χ4v) is 3.58. The van der Waals surface area contributed by atoms with Gasteiger partial charge in [0, 0.05) is 11.8 Å². The maximum absolute atomic E-state index is 12.7. The second-order valence-corrected chi connectivity index (χ2v) is 8.28. The molecule has 0 radical (unpaired) electrons. The average molecular weight is 458 g/mol. The smallest absolute Gasteiger partial charge is 0.335 e. The Labute approximate surface area is 199 Å². The van der Waals surface area contributed by atoms with Crippen molar-refractivity contribution in [3.05, 3.63) is 89.6 Å². The largest absolute Gasteiger partial charge is 0.478 e. The number of ether oxygens (including phenoxy) is 1. The van der Waals surface area contributed by atoms with Gasteiger partial charge in [-0.25, -0.2) is 4.79 Å². The number of aromatic nitrogens is 1. The van der Waals surface area contributed by atoms with Crippen molar-refractivity contribution in [2.45, 2.75) is 32.5 Å². The predicted octanol–water partition coefficient (Wildman–Crippen LogP) is 4.61. The van der Waals surface area contributed by atoms with Gasteiger partial charge in [-0.05, 0) is 35.6 Å². The molecule has 1 amide bonds. The molecule has 2 aromatic carbocycles. The van der Waals surface area contributed by atoms with Gasteiger partial charge in [0.05, 0.1) is 17.3 Å². The molecule has 0 aliphatic heterocycles. The van der Waals surface area contributed by atoms with Crippen LogP contribution in [0.15, 0.2) is 72.9 Å². The van der Waals surface area contributed by atoms with Crippen molar-refractivity contribution >= 4 is 11.9 Å². The molecule has 2 N–H and O–H groups in total. The topological polar surface area (TPSA) is 112 Å². The highest BCUT2D eigenvalue weighted by atomic mass is 16.5. The standard InChI is InChI=1S/C27H27N3O4/c1-18(2)16-24(26(31)30-15-13-28)34-25(20-6-4-3-5-7-20)21-10-8-19(9-11-21)23-17-22(27(32)33)12-14-29-23/h3-12,14,17-18,24-25H,15-16H2,1-2H3,(H,30,31)(H,32,33)/t24-,25?/m0/s1. The summed E-state index contributed by atoms with van der Waals surface area (Å²) in [6.07, 6.45) is 0.737. The summed E-state index contributed by atoms with van der Waals surface area (Å²) in [4.78, 5) is 28.3. The van der Waals surface area contributed by atoms with E-state index in [-0.39, 0.29) is 23.9 Å². The summed E-state index contributed by atoms with van der Waals surface area (Å²) in [5.41, 5.74) is 3.22. The third-order valence-corrected chi connectivity index (χ3v) is 5.24. The van der Waals surface area contributed by atoms with Crippen LogP contribution in [-0.4, -0.2) is 34.6 Å². The van der Waals surface area contributed by atoms with Crippen LogP contribution in [0.25, 0.3) is 11.3 Å². The summed E-state index contributed by atoms with van der Waals surface area (Å²) in [5, 5.41) is 20.7. The van der Waals surface area contributed by atoms with E-state index in [1.807, 2.05) is 74.5 Å². The van der Waals surface area contributed by atoms with Crippen LogP contribution < -0.4 is 5.32 Å². The van der Waals surface area contributed by atoms with Crippen LogP contribution in [0.4, 0.5) is 0 Å². The monoisotopic (exact) mass is 457 g/mol. The lowest BCUT2D eigenvalue weighted by molar-refractivity contribution is -0.136. The lowest BCUT2D eigenvalue weighted by Crippen LogP contribution is -2.38. The van der Waals surface area contributed by atoms with Crippen molar-refractivity contribution in [1.82, 2.24) is 10.3 Å². The maximum atomic E-state index is 12.7. The Morgan fingerprint density at radius 3 is 2.35 bits per heavy atom. The Hall–Kier alpha value is -4.02. The molecule has 1 aromatic heterocycles. The zero-order chi connectivity index (χ0) is 24.5. The van der Waals surface area contributed by atoms with E-state index in [1.165, 1.54) is 18.3 Å². The van der Waals surface area contributed by atoms with Crippen molar-refractivity contribution in [3.8, 4) is 17.3 Å². The number of amides is 1. The molecule has 3 aromatic rings. The fraction of sp³-hybridized carbons (Fsp3) is 0.259. The Morgan fingerprint density at radius 1 is 1.06 bits per heavy atom. The maximum Gasteiger partial charge on any atom is 0.335 e. The van der Waals surface area contributed by atoms with Gasteiger partial charge in [0.25, 0.3) is 0 Å². The summed E-state index contributed by atoms with van der Waals surface area (Å²) in [6.45, 7) is 3.95. The number of rotatable bonds is 10. The number of carboxylic acids is 1. The minimum atomic E-state index is -1.01. The van der Waals surface area contributed by atoms with Crippen LogP contribution in [0.2, 0.25) is 0 Å². The van der Waals surface area contributed by atoms with Gasteiger partial charge >= 0.3 is 5.97 Å². The molecule has 1 unspecified atom stereocenters. The zero-order valence-electron chi connectivity index (χ0n) is 19.1. The van der Waals surface area contributed by atoms with Crippen molar-refractivity contribution < 1.29 is 19.4 Å². The lowest BCUT2D eigenvalue weighted by atomic mass is 9.98. The quantitative estimate of drug-likeness (QED) is 0.430. The molecule has 7 nitrogen and oxygen atoms in total. The zero-order valence-corrected chi connectivity index (χ0v) is 19.1. The van der Waals surface area contributed by atoms with E-state index in [0.29, 0.717) is 12.1 Å². The molecule has 0 bridgehead atoms. The van der Waals surface area contributed by atoms with Gasteiger partial charge in [0.1, 0.15) is 18.8 Å². The second-order valence-electron chi connectivity index (χ2n) is 8.28. The molecule has 0 saturated carbocycles. The number of hydrogen-bond acceptors (Lipinski definition) is 5. The fourth-order valence-electron chi connectivity index (χ4n) is 3.58. The van der Waals surface area contributed by atoms with E-state index in [9.17, 15) is 14.7 Å². The first-order valence-electron chi connectivity index (χ1n) is 11.0. The number of nitrogens with one attached hydrogen (secondary N) is 1. The van der Waals surface area contributed by atoms with Gasteiger partial charge in [-0.3, -0.25) is 9.78 Å². The van der Waals surface area contributed by atoms with E-state index < -0.39 is 18.2 Å². The summed E-state index contributed by atoms with van der Waals surface area (Å²) in [5.74, 6) is -1.12. The van der Waals surface area contributed by atoms with Gasteiger partial charge in [-0.2, -0.15) is 5.26 Å². The molecule has 7 heteroatoms. The van der Waals surface area contributed by atoms with Crippen LogP contribution in [-0.2, 0) is 9.53 Å². The lowest BCUT2D eigenvalue weighted by Gasteiger charge is -2.26. The molecule has 1 heterocycles. The molecule has 0 aliphatic rings. The van der Waals surface area contributed by atoms with Gasteiger partial charge in [-0.15, -0.1) is 0 Å². The molecule has 174 valence electrons. The molecule has 0 saturated heterocycles. The first-order chi connectivity index (χ1) is 16.4. The second kappa shape index (κ2) is 11.7. The number of nitriles is 1. The van der Waals surface area contributed by atoms with Gasteiger partial charge in [-0.1, -0.05) is 68.4 Å². The minimum absolute atomic E-state index is 0.0795. The normalized spacial score (nSPS) is 12.5. The Morgan fingerprint density at radius 2 is 1.74 bits per heavy atom. The molecule has 3 rings (SSSR count). The van der Waals surface area contributed by atoms with Crippen molar-refractivity contribution in [3.63, 3.8) is 0 Å². The number of carbonyl (C=O) groups is 2. The van der Waals surface area contributed by atoms with Gasteiger partial charge < -0.3 is 15.2 Å². The number of aromatic carboxylic acids is 1. The van der Waals surface area contributed by atoms with Crippen LogP contribution in [0.5, 0.6) is 0 Å². The molecular weight excluding hydrogens is 430 g/mol. The first kappa shape index (κ1) is 24.6. The van der Waals surface area contributed by atoms with Crippen molar-refractivity contribution in [2.75, 3.05) is 6.54 Å². The van der Waals surface area contributed by atoms with Crippen LogP contribution >= 0.6 is 0 Å². The minimum Gasteiger partial charge on any atom is -0.478 e. The Balaban J connectivity index is 1.93. The first-order valence-corrected chi connectivity index (χ1v) is 11.0. The number of benzene rings is 2. The average Bonchev–Trinajstić information content (AvgIpc) is 2.85. The van der Waals surface area contributed by atoms with E-state index in [2.05, 4.69) is 10.3 Å². The van der Waals surface area contributed by atoms with Crippen molar-refractivity contribution in [2.24, 2.45) is 5.92 Å². The third-order valence-electron chi connectivity index (χ3n) is 5.24. The molecule has 34 heavy (non-hydrogen) atoms. The summed E-state index contributed by atoms with van der Waals surface area (Å²) >= 11 is 0. The van der Waals surface area contributed by atoms with E-state index in [1.54, 1.807) is 0 Å².